The molecule has 0 unspecified atom stereocenters. The molecule has 1 amide bonds. The Hall–Kier alpha value is -0.970. The molecule has 0 saturated heterocycles. The lowest BCUT2D eigenvalue weighted by molar-refractivity contribution is 0.0947. The number of carbonyl (C=O) groups excluding carboxylic acids is 1. The molecule has 0 fully saturated rings. The summed E-state index contributed by atoms with van der Waals surface area (Å²) in [4.78, 5) is 14.5. The van der Waals surface area contributed by atoms with Gasteiger partial charge in [-0.05, 0) is 51.4 Å². The van der Waals surface area contributed by atoms with Gasteiger partial charge in [0.15, 0.2) is 0 Å². The highest BCUT2D eigenvalue weighted by atomic mass is 35.5. The minimum atomic E-state index is 0. The Morgan fingerprint density at radius 3 is 2.77 bits per heavy atom. The van der Waals surface area contributed by atoms with Crippen molar-refractivity contribution in [1.82, 2.24) is 10.2 Å². The summed E-state index contributed by atoms with van der Waals surface area (Å²) in [7, 11) is 2.07. The van der Waals surface area contributed by atoms with E-state index in [9.17, 15) is 4.79 Å². The van der Waals surface area contributed by atoms with Crippen LogP contribution in [0.5, 0.6) is 0 Å². The second-order valence-electron chi connectivity index (χ2n) is 5.69. The molecule has 2 rings (SSSR count). The number of halogens is 2. The van der Waals surface area contributed by atoms with E-state index in [0.29, 0.717) is 12.6 Å². The summed E-state index contributed by atoms with van der Waals surface area (Å²) < 4.78 is 0. The van der Waals surface area contributed by atoms with Gasteiger partial charge in [-0.2, -0.15) is 0 Å². The second kappa shape index (κ2) is 9.93. The summed E-state index contributed by atoms with van der Waals surface area (Å²) in [5.74, 6) is 0.0442. The molecule has 6 heteroatoms. The SMILES string of the molecule is CC(C)N(C)CCNC(=O)c1cccc2c1CCCN2.Cl.Cl. The Morgan fingerprint density at radius 2 is 2.09 bits per heavy atom. The van der Waals surface area contributed by atoms with Crippen LogP contribution in [0, 0.1) is 0 Å². The maximum atomic E-state index is 12.3. The van der Waals surface area contributed by atoms with Gasteiger partial charge in [0.1, 0.15) is 0 Å². The third-order valence-electron chi connectivity index (χ3n) is 3.97. The van der Waals surface area contributed by atoms with E-state index in [4.69, 9.17) is 0 Å². The van der Waals surface area contributed by atoms with E-state index in [1.54, 1.807) is 0 Å². The van der Waals surface area contributed by atoms with Crippen molar-refractivity contribution in [3.63, 3.8) is 0 Å². The van der Waals surface area contributed by atoms with Gasteiger partial charge in [0.25, 0.3) is 5.91 Å². The highest BCUT2D eigenvalue weighted by Gasteiger charge is 2.17. The molecule has 0 bridgehead atoms. The quantitative estimate of drug-likeness (QED) is 0.860. The normalized spacial score (nSPS) is 12.8. The van der Waals surface area contributed by atoms with Gasteiger partial charge in [-0.15, -0.1) is 24.8 Å². The fourth-order valence-corrected chi connectivity index (χ4v) is 2.42. The molecule has 4 nitrogen and oxygen atoms in total. The first-order chi connectivity index (χ1) is 9.59. The van der Waals surface area contributed by atoms with Crippen LogP contribution in [-0.4, -0.2) is 43.5 Å². The lowest BCUT2D eigenvalue weighted by Crippen LogP contribution is -2.36. The summed E-state index contributed by atoms with van der Waals surface area (Å²) in [5, 5.41) is 6.39. The third-order valence-corrected chi connectivity index (χ3v) is 3.97. The molecule has 0 spiro atoms. The van der Waals surface area contributed by atoms with Crippen LogP contribution < -0.4 is 10.6 Å². The van der Waals surface area contributed by atoms with Gasteiger partial charge >= 0.3 is 0 Å². The molecule has 2 N–H and O–H groups in total. The number of rotatable bonds is 5. The first-order valence-corrected chi connectivity index (χ1v) is 7.44. The fraction of sp³-hybridized carbons (Fsp3) is 0.562. The first-order valence-electron chi connectivity index (χ1n) is 7.44. The van der Waals surface area contributed by atoms with E-state index in [1.165, 1.54) is 0 Å². The van der Waals surface area contributed by atoms with E-state index < -0.39 is 0 Å². The van der Waals surface area contributed by atoms with Gasteiger partial charge in [-0.1, -0.05) is 6.07 Å². The van der Waals surface area contributed by atoms with Crippen molar-refractivity contribution in [3.05, 3.63) is 29.3 Å². The smallest absolute Gasteiger partial charge is 0.251 e. The number of nitrogens with one attached hydrogen (secondary N) is 2. The molecule has 1 aliphatic heterocycles. The number of benzene rings is 1. The third kappa shape index (κ3) is 5.34. The Balaban J connectivity index is 0.00000220. The number of anilines is 1. The maximum absolute atomic E-state index is 12.3. The summed E-state index contributed by atoms with van der Waals surface area (Å²) >= 11 is 0. The zero-order chi connectivity index (χ0) is 14.5. The number of fused-ring (bicyclic) bond motifs is 1. The lowest BCUT2D eigenvalue weighted by Gasteiger charge is -2.22. The van der Waals surface area contributed by atoms with Gasteiger partial charge in [-0.25, -0.2) is 0 Å². The standard InChI is InChI=1S/C16H25N3O.2ClH/c1-12(2)19(3)11-10-18-16(20)14-6-4-8-15-13(14)7-5-9-17-15;;/h4,6,8,12,17H,5,7,9-11H2,1-3H3,(H,18,20);2*1H. The van der Waals surface area contributed by atoms with Crippen molar-refractivity contribution < 1.29 is 4.79 Å². The molecule has 0 aromatic heterocycles. The van der Waals surface area contributed by atoms with Crippen LogP contribution in [0.2, 0.25) is 0 Å². The monoisotopic (exact) mass is 347 g/mol. The van der Waals surface area contributed by atoms with Crippen molar-refractivity contribution in [2.45, 2.75) is 32.7 Å². The summed E-state index contributed by atoms with van der Waals surface area (Å²) in [6.07, 6.45) is 2.07. The average Bonchev–Trinajstić information content (AvgIpc) is 2.46. The van der Waals surface area contributed by atoms with Crippen LogP contribution in [0.4, 0.5) is 5.69 Å². The lowest BCUT2D eigenvalue weighted by atomic mass is 9.97. The van der Waals surface area contributed by atoms with Gasteiger partial charge in [0.05, 0.1) is 0 Å². The Labute approximate surface area is 145 Å². The molecule has 126 valence electrons. The number of likely N-dealkylation sites (N-methyl/N-ethyl adjacent to an activating group) is 1. The van der Waals surface area contributed by atoms with E-state index in [0.717, 1.165) is 42.7 Å². The van der Waals surface area contributed by atoms with Crippen LogP contribution in [0.25, 0.3) is 0 Å². The summed E-state index contributed by atoms with van der Waals surface area (Å²) in [6.45, 7) is 6.86. The summed E-state index contributed by atoms with van der Waals surface area (Å²) in [5.41, 5.74) is 3.10. The van der Waals surface area contributed by atoms with E-state index in [2.05, 4.69) is 42.5 Å². The Kier molecular flexibility index (Phi) is 9.49. The number of nitrogens with zero attached hydrogens (tertiary/aromatic N) is 1. The van der Waals surface area contributed by atoms with Crippen molar-refractivity contribution in [3.8, 4) is 0 Å². The van der Waals surface area contributed by atoms with Gasteiger partial charge in [0.2, 0.25) is 0 Å². The topological polar surface area (TPSA) is 44.4 Å². The number of hydrogen-bond acceptors (Lipinski definition) is 3. The molecule has 22 heavy (non-hydrogen) atoms. The zero-order valence-corrected chi connectivity index (χ0v) is 15.1. The zero-order valence-electron chi connectivity index (χ0n) is 13.5. The maximum Gasteiger partial charge on any atom is 0.251 e. The highest BCUT2D eigenvalue weighted by Crippen LogP contribution is 2.25. The minimum absolute atomic E-state index is 0. The van der Waals surface area contributed by atoms with Crippen molar-refractivity contribution in [1.29, 1.82) is 0 Å². The molecule has 1 aromatic rings. The Morgan fingerprint density at radius 1 is 1.36 bits per heavy atom. The molecule has 1 heterocycles. The molecule has 0 aliphatic carbocycles. The number of amides is 1. The predicted octanol–water partition coefficient (Wildman–Crippen LogP) is 2.96. The van der Waals surface area contributed by atoms with Gasteiger partial charge in [-0.3, -0.25) is 4.79 Å². The van der Waals surface area contributed by atoms with Crippen LogP contribution in [0.15, 0.2) is 18.2 Å². The van der Waals surface area contributed by atoms with Gasteiger partial charge < -0.3 is 15.5 Å². The number of hydrogen-bond donors (Lipinski definition) is 2. The van der Waals surface area contributed by atoms with Crippen molar-refractivity contribution in [2.75, 3.05) is 32.0 Å². The Bertz CT molecular complexity index is 480. The van der Waals surface area contributed by atoms with Crippen LogP contribution in [-0.2, 0) is 6.42 Å². The second-order valence-corrected chi connectivity index (χ2v) is 5.69. The minimum Gasteiger partial charge on any atom is -0.385 e. The van der Waals surface area contributed by atoms with E-state index >= 15 is 0 Å². The highest BCUT2D eigenvalue weighted by molar-refractivity contribution is 5.97. The first kappa shape index (κ1) is 21.0. The van der Waals surface area contributed by atoms with Crippen LogP contribution in [0.1, 0.15) is 36.2 Å². The molecule has 1 aromatic carbocycles. The summed E-state index contributed by atoms with van der Waals surface area (Å²) in [6, 6.07) is 6.43. The average molecular weight is 348 g/mol. The largest absolute Gasteiger partial charge is 0.385 e. The molecular weight excluding hydrogens is 321 g/mol. The van der Waals surface area contributed by atoms with E-state index in [1.807, 2.05) is 12.1 Å². The molecular formula is C16H27Cl2N3O. The van der Waals surface area contributed by atoms with Crippen LogP contribution in [0.3, 0.4) is 0 Å². The molecule has 0 saturated carbocycles. The molecule has 0 radical (unpaired) electrons. The van der Waals surface area contributed by atoms with Crippen LogP contribution >= 0.6 is 24.8 Å². The fourth-order valence-electron chi connectivity index (χ4n) is 2.42. The molecule has 0 atom stereocenters. The van der Waals surface area contributed by atoms with Crippen molar-refractivity contribution >= 4 is 36.4 Å². The van der Waals surface area contributed by atoms with Crippen molar-refractivity contribution in [2.24, 2.45) is 0 Å². The predicted molar refractivity (Wildman–Crippen MR) is 97.8 cm³/mol. The van der Waals surface area contributed by atoms with Gasteiger partial charge in [0, 0.05) is 36.9 Å². The molecule has 1 aliphatic rings. The number of carbonyl (C=O) groups is 1. The van der Waals surface area contributed by atoms with E-state index in [-0.39, 0.29) is 30.7 Å².